The maximum Gasteiger partial charge on any atom is 0.264 e. The van der Waals surface area contributed by atoms with Crippen molar-refractivity contribution < 1.29 is 13.5 Å². The van der Waals surface area contributed by atoms with Crippen molar-refractivity contribution >= 4 is 27.3 Å². The number of halogens is 1. The van der Waals surface area contributed by atoms with Crippen LogP contribution < -0.4 is 4.31 Å². The zero-order valence-corrected chi connectivity index (χ0v) is 11.7. The van der Waals surface area contributed by atoms with E-state index in [1.807, 2.05) is 0 Å². The first-order valence-corrected chi connectivity index (χ1v) is 7.26. The van der Waals surface area contributed by atoms with Crippen molar-refractivity contribution in [2.75, 3.05) is 11.4 Å². The first kappa shape index (κ1) is 13.7. The number of benzene rings is 2. The topological polar surface area (TPSA) is 57.6 Å². The van der Waals surface area contributed by atoms with Crippen LogP contribution in [0.25, 0.3) is 0 Å². The van der Waals surface area contributed by atoms with Crippen molar-refractivity contribution in [3.63, 3.8) is 0 Å². The molecule has 0 bridgehead atoms. The predicted molar refractivity (Wildman–Crippen MR) is 75.1 cm³/mol. The Labute approximate surface area is 116 Å². The minimum absolute atomic E-state index is 0.0520. The number of rotatable bonds is 3. The molecule has 2 rings (SSSR count). The zero-order chi connectivity index (χ0) is 14.0. The highest BCUT2D eigenvalue weighted by Gasteiger charge is 2.22. The number of phenolic OH excluding ortho intramolecular Hbond substituents is 1. The number of aromatic hydroxyl groups is 1. The SMILES string of the molecule is CN(c1ccccc1)S(=O)(=O)c1cc(O)cc(Cl)c1. The van der Waals surface area contributed by atoms with Crippen LogP contribution in [0, 0.1) is 0 Å². The van der Waals surface area contributed by atoms with Gasteiger partial charge in [0.1, 0.15) is 5.75 Å². The van der Waals surface area contributed by atoms with Gasteiger partial charge in [0.15, 0.2) is 0 Å². The molecule has 0 aliphatic heterocycles. The molecule has 0 amide bonds. The van der Waals surface area contributed by atoms with Gasteiger partial charge in [0.25, 0.3) is 10.0 Å². The third-order valence-corrected chi connectivity index (χ3v) is 4.62. The molecule has 0 saturated heterocycles. The van der Waals surface area contributed by atoms with E-state index in [9.17, 15) is 13.5 Å². The molecule has 0 heterocycles. The van der Waals surface area contributed by atoms with Crippen LogP contribution in [-0.2, 0) is 10.0 Å². The Morgan fingerprint density at radius 3 is 2.32 bits per heavy atom. The van der Waals surface area contributed by atoms with Gasteiger partial charge in [-0.3, -0.25) is 4.31 Å². The molecule has 0 aliphatic carbocycles. The fourth-order valence-corrected chi connectivity index (χ4v) is 3.19. The lowest BCUT2D eigenvalue weighted by Gasteiger charge is -2.19. The summed E-state index contributed by atoms with van der Waals surface area (Å²) in [6.45, 7) is 0. The number of hydrogen-bond donors (Lipinski definition) is 1. The van der Waals surface area contributed by atoms with Crippen molar-refractivity contribution in [3.8, 4) is 5.75 Å². The van der Waals surface area contributed by atoms with E-state index in [1.54, 1.807) is 30.3 Å². The van der Waals surface area contributed by atoms with Crippen LogP contribution in [0.2, 0.25) is 5.02 Å². The Hall–Kier alpha value is -1.72. The Morgan fingerprint density at radius 1 is 1.11 bits per heavy atom. The first-order chi connectivity index (χ1) is 8.91. The van der Waals surface area contributed by atoms with Crippen LogP contribution in [0.5, 0.6) is 5.75 Å². The molecule has 0 saturated carbocycles. The zero-order valence-electron chi connectivity index (χ0n) is 10.1. The fraction of sp³-hybridized carbons (Fsp3) is 0.0769. The minimum atomic E-state index is -3.75. The van der Waals surface area contributed by atoms with Gasteiger partial charge >= 0.3 is 0 Å². The second-order valence-electron chi connectivity index (χ2n) is 3.95. The molecular weight excluding hydrogens is 286 g/mol. The lowest BCUT2D eigenvalue weighted by atomic mass is 10.3. The molecule has 0 aliphatic rings. The molecule has 0 unspecified atom stereocenters. The van der Waals surface area contributed by atoms with Crippen LogP contribution in [0.1, 0.15) is 0 Å². The Kier molecular flexibility index (Phi) is 3.68. The molecule has 4 nitrogen and oxygen atoms in total. The van der Waals surface area contributed by atoms with E-state index in [0.717, 1.165) is 4.31 Å². The van der Waals surface area contributed by atoms with E-state index in [0.29, 0.717) is 5.69 Å². The summed E-state index contributed by atoms with van der Waals surface area (Å²) in [6, 6.07) is 12.4. The lowest BCUT2D eigenvalue weighted by molar-refractivity contribution is 0.473. The molecule has 19 heavy (non-hydrogen) atoms. The third-order valence-electron chi connectivity index (χ3n) is 2.63. The molecule has 1 N–H and O–H groups in total. The van der Waals surface area contributed by atoms with Gasteiger partial charge in [-0.1, -0.05) is 29.8 Å². The van der Waals surface area contributed by atoms with Crippen LogP contribution >= 0.6 is 11.6 Å². The lowest BCUT2D eigenvalue weighted by Crippen LogP contribution is -2.26. The van der Waals surface area contributed by atoms with Crippen LogP contribution in [0.3, 0.4) is 0 Å². The summed E-state index contributed by atoms with van der Waals surface area (Å²) in [5, 5.41) is 9.61. The highest BCUT2D eigenvalue weighted by Crippen LogP contribution is 2.27. The van der Waals surface area contributed by atoms with E-state index in [-0.39, 0.29) is 15.7 Å². The second-order valence-corrected chi connectivity index (χ2v) is 6.36. The molecule has 2 aromatic rings. The largest absolute Gasteiger partial charge is 0.508 e. The summed E-state index contributed by atoms with van der Waals surface area (Å²) in [6.07, 6.45) is 0. The Balaban J connectivity index is 2.48. The first-order valence-electron chi connectivity index (χ1n) is 5.45. The number of para-hydroxylation sites is 1. The highest BCUT2D eigenvalue weighted by molar-refractivity contribution is 7.92. The van der Waals surface area contributed by atoms with Gasteiger partial charge in [-0.15, -0.1) is 0 Å². The summed E-state index contributed by atoms with van der Waals surface area (Å²) in [7, 11) is -2.30. The summed E-state index contributed by atoms with van der Waals surface area (Å²) >= 11 is 5.76. The maximum absolute atomic E-state index is 12.4. The van der Waals surface area contributed by atoms with Gasteiger partial charge in [0.2, 0.25) is 0 Å². The molecule has 100 valence electrons. The normalized spacial score (nSPS) is 11.3. The number of nitrogens with zero attached hydrogens (tertiary/aromatic N) is 1. The number of phenols is 1. The van der Waals surface area contributed by atoms with Gasteiger partial charge < -0.3 is 5.11 Å². The van der Waals surface area contributed by atoms with E-state index >= 15 is 0 Å². The Morgan fingerprint density at radius 2 is 1.74 bits per heavy atom. The molecule has 0 aromatic heterocycles. The highest BCUT2D eigenvalue weighted by atomic mass is 35.5. The molecule has 6 heteroatoms. The predicted octanol–water partition coefficient (Wildman–Crippen LogP) is 2.87. The molecule has 0 fully saturated rings. The van der Waals surface area contributed by atoms with Gasteiger partial charge in [-0.2, -0.15) is 0 Å². The Bertz CT molecular complexity index is 666. The van der Waals surface area contributed by atoms with Crippen molar-refractivity contribution in [1.82, 2.24) is 0 Å². The number of sulfonamides is 1. The van der Waals surface area contributed by atoms with Gasteiger partial charge in [-0.05, 0) is 24.3 Å². The average Bonchev–Trinajstić information content (AvgIpc) is 2.37. The van der Waals surface area contributed by atoms with Gasteiger partial charge in [0.05, 0.1) is 10.6 Å². The third kappa shape index (κ3) is 2.83. The maximum atomic E-state index is 12.4. The molecule has 0 spiro atoms. The van der Waals surface area contributed by atoms with Crippen molar-refractivity contribution in [3.05, 3.63) is 53.6 Å². The smallest absolute Gasteiger partial charge is 0.264 e. The van der Waals surface area contributed by atoms with E-state index in [1.165, 1.54) is 25.2 Å². The number of anilines is 1. The van der Waals surface area contributed by atoms with E-state index < -0.39 is 10.0 Å². The second kappa shape index (κ2) is 5.11. The van der Waals surface area contributed by atoms with Crippen molar-refractivity contribution in [2.45, 2.75) is 4.90 Å². The van der Waals surface area contributed by atoms with Gasteiger partial charge in [0, 0.05) is 18.1 Å². The standard InChI is InChI=1S/C13H12ClNO3S/c1-15(11-5-3-2-4-6-11)19(17,18)13-8-10(14)7-12(16)9-13/h2-9,16H,1H3. The number of hydrogen-bond acceptors (Lipinski definition) is 3. The molecular formula is C13H12ClNO3S. The van der Waals surface area contributed by atoms with Crippen molar-refractivity contribution in [1.29, 1.82) is 0 Å². The minimum Gasteiger partial charge on any atom is -0.508 e. The van der Waals surface area contributed by atoms with Crippen LogP contribution in [-0.4, -0.2) is 20.6 Å². The average molecular weight is 298 g/mol. The monoisotopic (exact) mass is 297 g/mol. The van der Waals surface area contributed by atoms with Crippen LogP contribution in [0.15, 0.2) is 53.4 Å². The van der Waals surface area contributed by atoms with Gasteiger partial charge in [-0.25, -0.2) is 8.42 Å². The fourth-order valence-electron chi connectivity index (χ4n) is 1.63. The molecule has 0 atom stereocenters. The van der Waals surface area contributed by atoms with Crippen LogP contribution in [0.4, 0.5) is 5.69 Å². The van der Waals surface area contributed by atoms with Crippen molar-refractivity contribution in [2.24, 2.45) is 0 Å². The quantitative estimate of drug-likeness (QED) is 0.948. The summed E-state index contributed by atoms with van der Waals surface area (Å²) in [5.41, 5.74) is 0.530. The molecule has 2 aromatic carbocycles. The molecule has 0 radical (unpaired) electrons. The summed E-state index contributed by atoms with van der Waals surface area (Å²) in [5.74, 6) is -0.187. The summed E-state index contributed by atoms with van der Waals surface area (Å²) < 4.78 is 25.9. The van der Waals surface area contributed by atoms with E-state index in [2.05, 4.69) is 0 Å². The van der Waals surface area contributed by atoms with E-state index in [4.69, 9.17) is 11.6 Å². The summed E-state index contributed by atoms with van der Waals surface area (Å²) in [4.78, 5) is -0.0520.